The van der Waals surface area contributed by atoms with E-state index in [4.69, 9.17) is 10.00 Å². The van der Waals surface area contributed by atoms with Gasteiger partial charge in [0.25, 0.3) is 0 Å². The van der Waals surface area contributed by atoms with E-state index in [-0.39, 0.29) is 6.10 Å². The number of nitriles is 1. The molecule has 2 unspecified atom stereocenters. The Bertz CT molecular complexity index is 451. The second kappa shape index (κ2) is 7.28. The van der Waals surface area contributed by atoms with Crippen LogP contribution >= 0.6 is 0 Å². The maximum Gasteiger partial charge on any atom is 0.119 e. The van der Waals surface area contributed by atoms with Crippen LogP contribution in [0.2, 0.25) is 0 Å². The molecule has 2 rings (SSSR count). The third-order valence-corrected chi connectivity index (χ3v) is 3.87. The minimum Gasteiger partial charge on any atom is -0.492 e. The summed E-state index contributed by atoms with van der Waals surface area (Å²) in [6.45, 7) is 5.42. The zero-order valence-electron chi connectivity index (χ0n) is 12.0. The monoisotopic (exact) mass is 274 g/mol. The van der Waals surface area contributed by atoms with E-state index in [9.17, 15) is 5.11 Å². The van der Waals surface area contributed by atoms with E-state index in [1.807, 2.05) is 31.2 Å². The Morgan fingerprint density at radius 3 is 2.80 bits per heavy atom. The second-order valence-electron chi connectivity index (χ2n) is 5.42. The van der Waals surface area contributed by atoms with Crippen molar-refractivity contribution in [2.45, 2.75) is 25.9 Å². The minimum absolute atomic E-state index is 0.214. The average Bonchev–Trinajstić information content (AvgIpc) is 2.90. The quantitative estimate of drug-likeness (QED) is 0.860. The molecule has 0 saturated carbocycles. The largest absolute Gasteiger partial charge is 0.492 e. The van der Waals surface area contributed by atoms with Gasteiger partial charge >= 0.3 is 0 Å². The van der Waals surface area contributed by atoms with E-state index in [0.717, 1.165) is 37.4 Å². The smallest absolute Gasteiger partial charge is 0.119 e. The van der Waals surface area contributed by atoms with Gasteiger partial charge in [0.05, 0.1) is 18.6 Å². The zero-order chi connectivity index (χ0) is 14.4. The van der Waals surface area contributed by atoms with Gasteiger partial charge in [0.1, 0.15) is 12.4 Å². The highest BCUT2D eigenvalue weighted by Crippen LogP contribution is 2.19. The van der Waals surface area contributed by atoms with E-state index in [2.05, 4.69) is 11.0 Å². The number of likely N-dealkylation sites (tertiary alicyclic amines) is 1. The number of hydrogen-bond acceptors (Lipinski definition) is 4. The van der Waals surface area contributed by atoms with Gasteiger partial charge in [0.15, 0.2) is 0 Å². The van der Waals surface area contributed by atoms with Gasteiger partial charge in [-0.2, -0.15) is 5.26 Å². The molecule has 0 bridgehead atoms. The maximum absolute atomic E-state index is 9.56. The van der Waals surface area contributed by atoms with E-state index < -0.39 is 0 Å². The van der Waals surface area contributed by atoms with E-state index in [1.165, 1.54) is 0 Å². The molecule has 0 aromatic heterocycles. The van der Waals surface area contributed by atoms with Crippen LogP contribution in [0.25, 0.3) is 0 Å². The van der Waals surface area contributed by atoms with Gasteiger partial charge in [0, 0.05) is 13.1 Å². The summed E-state index contributed by atoms with van der Waals surface area (Å²) in [5.41, 5.74) is 1.01. The first-order valence-corrected chi connectivity index (χ1v) is 7.18. The summed E-state index contributed by atoms with van der Waals surface area (Å²) >= 11 is 0. The molecule has 0 amide bonds. The highest BCUT2D eigenvalue weighted by molar-refractivity contribution is 5.28. The number of aliphatic hydroxyl groups excluding tert-OH is 1. The lowest BCUT2D eigenvalue weighted by Crippen LogP contribution is -2.28. The first-order chi connectivity index (χ1) is 9.69. The molecule has 0 radical (unpaired) electrons. The number of benzene rings is 1. The predicted octanol–water partition coefficient (Wildman–Crippen LogP) is 1.83. The van der Waals surface area contributed by atoms with Crippen molar-refractivity contribution >= 4 is 0 Å². The number of hydrogen-bond donors (Lipinski definition) is 1. The van der Waals surface area contributed by atoms with Crippen LogP contribution in [-0.4, -0.2) is 42.4 Å². The first kappa shape index (κ1) is 14.8. The fraction of sp³-hybridized carbons (Fsp3) is 0.562. The molecule has 1 aromatic rings. The molecular formula is C16H22N2O2. The molecule has 1 aliphatic rings. The molecule has 4 nitrogen and oxygen atoms in total. The summed E-state index contributed by atoms with van der Waals surface area (Å²) in [4.78, 5) is 2.33. The third kappa shape index (κ3) is 4.22. The molecule has 108 valence electrons. The number of ether oxygens (including phenoxy) is 1. The molecule has 1 aromatic carbocycles. The van der Waals surface area contributed by atoms with Crippen LogP contribution in [0.15, 0.2) is 24.3 Å². The van der Waals surface area contributed by atoms with Crippen LogP contribution in [-0.2, 0) is 6.42 Å². The molecule has 1 heterocycles. The topological polar surface area (TPSA) is 56.5 Å². The summed E-state index contributed by atoms with van der Waals surface area (Å²) < 4.78 is 5.71. The van der Waals surface area contributed by atoms with Gasteiger partial charge in [-0.05, 0) is 43.5 Å². The van der Waals surface area contributed by atoms with Crippen molar-refractivity contribution in [3.63, 3.8) is 0 Å². The zero-order valence-corrected chi connectivity index (χ0v) is 12.0. The fourth-order valence-electron chi connectivity index (χ4n) is 2.55. The predicted molar refractivity (Wildman–Crippen MR) is 77.5 cm³/mol. The van der Waals surface area contributed by atoms with E-state index >= 15 is 0 Å². The van der Waals surface area contributed by atoms with Crippen LogP contribution in [0.1, 0.15) is 18.9 Å². The molecule has 1 aliphatic heterocycles. The van der Waals surface area contributed by atoms with Crippen molar-refractivity contribution in [3.05, 3.63) is 29.8 Å². The number of nitrogens with zero attached hydrogens (tertiary/aromatic N) is 2. The standard InChI is InChI=1S/C16H22N2O2/c1-13(19)15-7-9-18(12-15)10-11-20-16-4-2-14(3-5-16)6-8-17/h2-5,13,15,19H,6-7,9-12H2,1H3. The second-order valence-corrected chi connectivity index (χ2v) is 5.42. The van der Waals surface area contributed by atoms with Gasteiger partial charge in [-0.3, -0.25) is 4.90 Å². The average molecular weight is 274 g/mol. The normalized spacial score (nSPS) is 20.6. The minimum atomic E-state index is -0.214. The molecule has 20 heavy (non-hydrogen) atoms. The van der Waals surface area contributed by atoms with Gasteiger partial charge in [-0.1, -0.05) is 12.1 Å². The van der Waals surface area contributed by atoms with Crippen molar-refractivity contribution in [1.82, 2.24) is 4.90 Å². The molecule has 1 N–H and O–H groups in total. The van der Waals surface area contributed by atoms with Crippen LogP contribution in [0.3, 0.4) is 0 Å². The van der Waals surface area contributed by atoms with Crippen LogP contribution in [0.4, 0.5) is 0 Å². The Morgan fingerprint density at radius 2 is 2.20 bits per heavy atom. The van der Waals surface area contributed by atoms with Crippen LogP contribution < -0.4 is 4.74 Å². The maximum atomic E-state index is 9.56. The number of rotatable bonds is 6. The lowest BCUT2D eigenvalue weighted by molar-refractivity contribution is 0.125. The van der Waals surface area contributed by atoms with Gasteiger partial charge < -0.3 is 9.84 Å². The lowest BCUT2D eigenvalue weighted by Gasteiger charge is -2.17. The molecule has 1 saturated heterocycles. The summed E-state index contributed by atoms with van der Waals surface area (Å²) in [5.74, 6) is 1.25. The Kier molecular flexibility index (Phi) is 5.40. The van der Waals surface area contributed by atoms with Crippen molar-refractivity contribution in [2.75, 3.05) is 26.2 Å². The lowest BCUT2D eigenvalue weighted by atomic mass is 10.0. The SMILES string of the molecule is CC(O)C1CCN(CCOc2ccc(CC#N)cc2)C1. The first-order valence-electron chi connectivity index (χ1n) is 7.18. The summed E-state index contributed by atoms with van der Waals surface area (Å²) in [5, 5.41) is 18.2. The summed E-state index contributed by atoms with van der Waals surface area (Å²) in [7, 11) is 0. The molecular weight excluding hydrogens is 252 g/mol. The third-order valence-electron chi connectivity index (χ3n) is 3.87. The molecule has 1 fully saturated rings. The van der Waals surface area contributed by atoms with Gasteiger partial charge in [-0.25, -0.2) is 0 Å². The molecule has 4 heteroatoms. The fourth-order valence-corrected chi connectivity index (χ4v) is 2.55. The highest BCUT2D eigenvalue weighted by Gasteiger charge is 2.25. The van der Waals surface area contributed by atoms with Crippen molar-refractivity contribution in [1.29, 1.82) is 5.26 Å². The van der Waals surface area contributed by atoms with Crippen molar-refractivity contribution in [3.8, 4) is 11.8 Å². The van der Waals surface area contributed by atoms with Gasteiger partial charge in [-0.15, -0.1) is 0 Å². The summed E-state index contributed by atoms with van der Waals surface area (Å²) in [6, 6.07) is 9.81. The van der Waals surface area contributed by atoms with Crippen molar-refractivity contribution in [2.24, 2.45) is 5.92 Å². The Labute approximate surface area is 120 Å². The van der Waals surface area contributed by atoms with E-state index in [0.29, 0.717) is 18.9 Å². The molecule has 0 aliphatic carbocycles. The van der Waals surface area contributed by atoms with Crippen LogP contribution in [0.5, 0.6) is 5.75 Å². The Hall–Kier alpha value is -1.57. The Balaban J connectivity index is 1.70. The van der Waals surface area contributed by atoms with E-state index in [1.54, 1.807) is 0 Å². The Morgan fingerprint density at radius 1 is 1.45 bits per heavy atom. The van der Waals surface area contributed by atoms with Crippen molar-refractivity contribution < 1.29 is 9.84 Å². The molecule has 2 atom stereocenters. The summed E-state index contributed by atoms with van der Waals surface area (Å²) in [6.07, 6.45) is 1.29. The highest BCUT2D eigenvalue weighted by atomic mass is 16.5. The number of aliphatic hydroxyl groups is 1. The van der Waals surface area contributed by atoms with Gasteiger partial charge in [0.2, 0.25) is 0 Å². The van der Waals surface area contributed by atoms with Crippen LogP contribution in [0, 0.1) is 17.2 Å². The molecule has 0 spiro atoms.